The molecule has 3 rings (SSSR count). The van der Waals surface area contributed by atoms with E-state index >= 15 is 0 Å². The van der Waals surface area contributed by atoms with Gasteiger partial charge in [-0.2, -0.15) is 10.1 Å². The summed E-state index contributed by atoms with van der Waals surface area (Å²) in [5.74, 6) is 1.04. The van der Waals surface area contributed by atoms with E-state index in [1.165, 1.54) is 9.13 Å². The Morgan fingerprint density at radius 2 is 1.96 bits per heavy atom. The summed E-state index contributed by atoms with van der Waals surface area (Å²) in [5.41, 5.74) is 1.22. The Kier molecular flexibility index (Phi) is 4.06. The molecule has 0 aromatic carbocycles. The lowest BCUT2D eigenvalue weighted by Gasteiger charge is -2.23. The molecular weight excluding hydrogens is 308 g/mol. The van der Waals surface area contributed by atoms with Crippen molar-refractivity contribution in [3.63, 3.8) is 0 Å². The van der Waals surface area contributed by atoms with Crippen molar-refractivity contribution >= 4 is 22.8 Å². The maximum absolute atomic E-state index is 13.0. The standard InChI is InChI=1S/C16H24N6O2/c1-6-22-15-17-13-12(21(15)9-11(4)18-22)14(23)20(8-7-10(2)3)16(24)19(13)5/h10H,6-9H2,1-5H3. The van der Waals surface area contributed by atoms with Gasteiger partial charge < -0.3 is 0 Å². The molecule has 0 amide bonds. The van der Waals surface area contributed by atoms with Crippen molar-refractivity contribution in [2.75, 3.05) is 11.6 Å². The molecule has 2 aromatic rings. The minimum absolute atomic E-state index is 0.266. The second kappa shape index (κ2) is 5.92. The third-order valence-corrected chi connectivity index (χ3v) is 4.35. The van der Waals surface area contributed by atoms with E-state index in [1.54, 1.807) is 12.1 Å². The van der Waals surface area contributed by atoms with Gasteiger partial charge in [0, 0.05) is 20.1 Å². The van der Waals surface area contributed by atoms with Gasteiger partial charge in [0.25, 0.3) is 5.56 Å². The average Bonchev–Trinajstić information content (AvgIpc) is 2.91. The average molecular weight is 332 g/mol. The van der Waals surface area contributed by atoms with Crippen molar-refractivity contribution in [3.8, 4) is 0 Å². The molecule has 0 saturated carbocycles. The van der Waals surface area contributed by atoms with E-state index in [1.807, 2.05) is 18.4 Å². The van der Waals surface area contributed by atoms with Gasteiger partial charge in [-0.1, -0.05) is 13.8 Å². The van der Waals surface area contributed by atoms with Crippen LogP contribution in [0.15, 0.2) is 14.7 Å². The minimum atomic E-state index is -0.315. The zero-order valence-electron chi connectivity index (χ0n) is 14.9. The van der Waals surface area contributed by atoms with E-state index in [0.29, 0.717) is 42.7 Å². The van der Waals surface area contributed by atoms with Crippen LogP contribution in [0.1, 0.15) is 34.1 Å². The first kappa shape index (κ1) is 16.5. The van der Waals surface area contributed by atoms with Crippen LogP contribution in [-0.2, 0) is 20.1 Å². The van der Waals surface area contributed by atoms with Gasteiger partial charge in [-0.3, -0.25) is 18.5 Å². The molecule has 0 fully saturated rings. The van der Waals surface area contributed by atoms with Crippen molar-refractivity contribution in [2.45, 2.75) is 47.2 Å². The highest BCUT2D eigenvalue weighted by atomic mass is 16.2. The molecule has 1 aliphatic heterocycles. The number of aryl methyl sites for hydroxylation is 1. The van der Waals surface area contributed by atoms with E-state index in [2.05, 4.69) is 23.9 Å². The summed E-state index contributed by atoms with van der Waals surface area (Å²) < 4.78 is 4.66. The van der Waals surface area contributed by atoms with Crippen LogP contribution in [0.2, 0.25) is 0 Å². The highest BCUT2D eigenvalue weighted by molar-refractivity contribution is 5.87. The lowest BCUT2D eigenvalue weighted by molar-refractivity contribution is 0.487. The first-order chi connectivity index (χ1) is 11.3. The first-order valence-electron chi connectivity index (χ1n) is 8.36. The fraction of sp³-hybridized carbons (Fsp3) is 0.625. The normalized spacial score (nSPS) is 14.4. The van der Waals surface area contributed by atoms with Crippen molar-refractivity contribution in [1.29, 1.82) is 0 Å². The minimum Gasteiger partial charge on any atom is -0.297 e. The molecule has 0 bridgehead atoms. The second-order valence-corrected chi connectivity index (χ2v) is 6.70. The maximum Gasteiger partial charge on any atom is 0.332 e. The molecule has 0 spiro atoms. The Morgan fingerprint density at radius 1 is 1.25 bits per heavy atom. The van der Waals surface area contributed by atoms with Crippen molar-refractivity contribution < 1.29 is 0 Å². The number of hydrazone groups is 1. The van der Waals surface area contributed by atoms with Crippen LogP contribution in [0.3, 0.4) is 0 Å². The smallest absolute Gasteiger partial charge is 0.297 e. The SMILES string of the molecule is CCN1N=C(C)Cn2c1nc1c2c(=O)n(CCC(C)C)c(=O)n1C. The summed E-state index contributed by atoms with van der Waals surface area (Å²) in [6, 6.07) is 0. The van der Waals surface area contributed by atoms with Gasteiger partial charge in [0.1, 0.15) is 0 Å². The molecule has 8 nitrogen and oxygen atoms in total. The molecule has 3 heterocycles. The van der Waals surface area contributed by atoms with Gasteiger partial charge in [-0.25, -0.2) is 9.80 Å². The van der Waals surface area contributed by atoms with Gasteiger partial charge in [0.05, 0.1) is 12.3 Å². The molecule has 0 unspecified atom stereocenters. The summed E-state index contributed by atoms with van der Waals surface area (Å²) in [4.78, 5) is 30.1. The van der Waals surface area contributed by atoms with Gasteiger partial charge in [0.15, 0.2) is 11.2 Å². The molecule has 24 heavy (non-hydrogen) atoms. The Morgan fingerprint density at radius 3 is 2.58 bits per heavy atom. The zero-order valence-corrected chi connectivity index (χ0v) is 14.9. The molecular formula is C16H24N6O2. The van der Waals surface area contributed by atoms with Crippen LogP contribution in [0.25, 0.3) is 11.2 Å². The van der Waals surface area contributed by atoms with E-state index in [4.69, 9.17) is 0 Å². The molecule has 0 aliphatic carbocycles. The number of rotatable bonds is 4. The van der Waals surface area contributed by atoms with Crippen LogP contribution >= 0.6 is 0 Å². The van der Waals surface area contributed by atoms with Gasteiger partial charge in [0.2, 0.25) is 5.95 Å². The lowest BCUT2D eigenvalue weighted by Crippen LogP contribution is -2.40. The molecule has 0 saturated heterocycles. The molecule has 0 atom stereocenters. The lowest BCUT2D eigenvalue weighted by atomic mass is 10.1. The highest BCUT2D eigenvalue weighted by Crippen LogP contribution is 2.23. The Labute approximate surface area is 140 Å². The quantitative estimate of drug-likeness (QED) is 0.842. The van der Waals surface area contributed by atoms with Gasteiger partial charge >= 0.3 is 5.69 Å². The summed E-state index contributed by atoms with van der Waals surface area (Å²) in [5, 5.41) is 6.24. The fourth-order valence-electron chi connectivity index (χ4n) is 3.01. The highest BCUT2D eigenvalue weighted by Gasteiger charge is 2.25. The van der Waals surface area contributed by atoms with Gasteiger partial charge in [-0.15, -0.1) is 0 Å². The Balaban J connectivity index is 2.28. The molecule has 0 radical (unpaired) electrons. The first-order valence-corrected chi connectivity index (χ1v) is 8.36. The van der Waals surface area contributed by atoms with Crippen LogP contribution in [0.5, 0.6) is 0 Å². The molecule has 1 aliphatic rings. The number of fused-ring (bicyclic) bond motifs is 3. The predicted molar refractivity (Wildman–Crippen MR) is 94.8 cm³/mol. The largest absolute Gasteiger partial charge is 0.332 e. The fourth-order valence-corrected chi connectivity index (χ4v) is 3.01. The van der Waals surface area contributed by atoms with E-state index in [0.717, 1.165) is 12.1 Å². The predicted octanol–water partition coefficient (Wildman–Crippen LogP) is 1.16. The van der Waals surface area contributed by atoms with Crippen molar-refractivity contribution in [3.05, 3.63) is 20.8 Å². The zero-order chi connectivity index (χ0) is 17.6. The number of aromatic nitrogens is 4. The molecule has 130 valence electrons. The third kappa shape index (κ3) is 2.46. The summed E-state index contributed by atoms with van der Waals surface area (Å²) in [6.07, 6.45) is 0.781. The number of anilines is 1. The monoisotopic (exact) mass is 332 g/mol. The number of hydrogen-bond donors (Lipinski definition) is 0. The number of hydrogen-bond acceptors (Lipinski definition) is 5. The molecule has 2 aromatic heterocycles. The van der Waals surface area contributed by atoms with Crippen LogP contribution in [-0.4, -0.2) is 30.9 Å². The second-order valence-electron chi connectivity index (χ2n) is 6.70. The Bertz CT molecular complexity index is 931. The van der Waals surface area contributed by atoms with Crippen LogP contribution in [0, 0.1) is 5.92 Å². The molecule has 0 N–H and O–H groups in total. The van der Waals surface area contributed by atoms with Crippen molar-refractivity contribution in [1.82, 2.24) is 18.7 Å². The summed E-state index contributed by atoms with van der Waals surface area (Å²) in [6.45, 7) is 9.64. The Hall–Kier alpha value is -2.38. The van der Waals surface area contributed by atoms with E-state index in [-0.39, 0.29) is 11.2 Å². The summed E-state index contributed by atoms with van der Waals surface area (Å²) in [7, 11) is 1.67. The number of nitrogens with zero attached hydrogens (tertiary/aromatic N) is 6. The van der Waals surface area contributed by atoms with E-state index in [9.17, 15) is 9.59 Å². The van der Waals surface area contributed by atoms with Crippen LogP contribution < -0.4 is 16.3 Å². The van der Waals surface area contributed by atoms with Crippen molar-refractivity contribution in [2.24, 2.45) is 18.1 Å². The maximum atomic E-state index is 13.0. The topological polar surface area (TPSA) is 77.4 Å². The molecule has 8 heteroatoms. The third-order valence-electron chi connectivity index (χ3n) is 4.35. The number of imidazole rings is 1. The van der Waals surface area contributed by atoms with Gasteiger partial charge in [-0.05, 0) is 26.2 Å². The van der Waals surface area contributed by atoms with E-state index < -0.39 is 0 Å². The van der Waals surface area contributed by atoms with Crippen LogP contribution in [0.4, 0.5) is 5.95 Å². The summed E-state index contributed by atoms with van der Waals surface area (Å²) >= 11 is 0.